The van der Waals surface area contributed by atoms with Crippen molar-refractivity contribution in [3.05, 3.63) is 34.9 Å². The van der Waals surface area contributed by atoms with Gasteiger partial charge in [-0.2, -0.15) is 0 Å². The number of piperidine rings is 1. The predicted molar refractivity (Wildman–Crippen MR) is 105 cm³/mol. The van der Waals surface area contributed by atoms with Gasteiger partial charge in [0.2, 0.25) is 11.8 Å². The van der Waals surface area contributed by atoms with Crippen LogP contribution in [0.15, 0.2) is 18.2 Å². The Hall–Kier alpha value is -2.90. The molecule has 4 rings (SSSR count). The first-order valence-electron chi connectivity index (χ1n) is 10.3. The van der Waals surface area contributed by atoms with Gasteiger partial charge in [0.05, 0.1) is 0 Å². The van der Waals surface area contributed by atoms with E-state index in [4.69, 9.17) is 0 Å². The molecule has 2 heterocycles. The lowest BCUT2D eigenvalue weighted by Crippen LogP contribution is -2.52. The fraction of sp³-hybridized carbons (Fsp3) is 0.524. The van der Waals surface area contributed by atoms with Gasteiger partial charge in [-0.3, -0.25) is 19.7 Å². The number of hydrogen-bond donors (Lipinski definition) is 3. The zero-order chi connectivity index (χ0) is 20.4. The summed E-state index contributed by atoms with van der Waals surface area (Å²) in [6, 6.07) is 4.95. The summed E-state index contributed by atoms with van der Waals surface area (Å²) in [7, 11) is 0. The van der Waals surface area contributed by atoms with Crippen LogP contribution >= 0.6 is 0 Å². The summed E-state index contributed by atoms with van der Waals surface area (Å²) in [4.78, 5) is 49.8. The van der Waals surface area contributed by atoms with E-state index in [-0.39, 0.29) is 30.3 Å². The first kappa shape index (κ1) is 19.4. The minimum absolute atomic E-state index is 0.168. The summed E-state index contributed by atoms with van der Waals surface area (Å²) < 4.78 is 0. The molecule has 2 aliphatic heterocycles. The predicted octanol–water partition coefficient (Wildman–Crippen LogP) is 1.58. The third-order valence-electron chi connectivity index (χ3n) is 5.98. The third-order valence-corrected chi connectivity index (χ3v) is 5.98. The van der Waals surface area contributed by atoms with Crippen molar-refractivity contribution in [1.29, 1.82) is 0 Å². The number of nitrogens with zero attached hydrogens (tertiary/aromatic N) is 1. The second kappa shape index (κ2) is 8.23. The molecular weight excluding hydrogens is 372 g/mol. The van der Waals surface area contributed by atoms with Gasteiger partial charge in [0.1, 0.15) is 6.04 Å². The molecule has 3 N–H and O–H groups in total. The molecule has 1 aliphatic carbocycles. The number of amides is 5. The monoisotopic (exact) mass is 398 g/mol. The van der Waals surface area contributed by atoms with Crippen LogP contribution in [-0.2, 0) is 22.7 Å². The maximum Gasteiger partial charge on any atom is 0.315 e. The van der Waals surface area contributed by atoms with Gasteiger partial charge in [0.25, 0.3) is 5.91 Å². The molecule has 1 aromatic carbocycles. The van der Waals surface area contributed by atoms with E-state index in [1.54, 1.807) is 6.07 Å². The molecule has 0 radical (unpaired) electrons. The maximum absolute atomic E-state index is 12.7. The van der Waals surface area contributed by atoms with Crippen LogP contribution in [0.2, 0.25) is 0 Å². The summed E-state index contributed by atoms with van der Waals surface area (Å²) >= 11 is 0. The number of imide groups is 1. The van der Waals surface area contributed by atoms with Crippen LogP contribution in [0.4, 0.5) is 4.79 Å². The zero-order valence-electron chi connectivity index (χ0n) is 16.3. The average molecular weight is 398 g/mol. The Morgan fingerprint density at radius 1 is 1.10 bits per heavy atom. The number of carbonyl (C=O) groups excluding carboxylic acids is 4. The van der Waals surface area contributed by atoms with E-state index in [0.29, 0.717) is 25.1 Å². The molecule has 2 fully saturated rings. The Bertz CT molecular complexity index is 847. The first-order chi connectivity index (χ1) is 14.0. The highest BCUT2D eigenvalue weighted by Crippen LogP contribution is 2.28. The molecular formula is C21H26N4O4. The van der Waals surface area contributed by atoms with Crippen LogP contribution in [0.5, 0.6) is 0 Å². The third kappa shape index (κ3) is 4.26. The van der Waals surface area contributed by atoms with Crippen LogP contribution in [0.1, 0.15) is 66.4 Å². The highest BCUT2D eigenvalue weighted by atomic mass is 16.2. The molecule has 0 spiro atoms. The van der Waals surface area contributed by atoms with E-state index in [0.717, 1.165) is 36.8 Å². The minimum Gasteiger partial charge on any atom is -0.335 e. The Morgan fingerprint density at radius 3 is 2.66 bits per heavy atom. The molecule has 154 valence electrons. The largest absolute Gasteiger partial charge is 0.335 e. The van der Waals surface area contributed by atoms with Crippen molar-refractivity contribution in [2.75, 3.05) is 0 Å². The number of benzene rings is 1. The number of hydrogen-bond acceptors (Lipinski definition) is 4. The summed E-state index contributed by atoms with van der Waals surface area (Å²) in [5.74, 6) is -0.900. The van der Waals surface area contributed by atoms with Gasteiger partial charge in [0.15, 0.2) is 0 Å². The fourth-order valence-corrected chi connectivity index (χ4v) is 4.40. The highest BCUT2D eigenvalue weighted by Gasteiger charge is 2.39. The molecule has 5 amide bonds. The lowest BCUT2D eigenvalue weighted by molar-refractivity contribution is -0.136. The lowest BCUT2D eigenvalue weighted by Gasteiger charge is -2.29. The fourth-order valence-electron chi connectivity index (χ4n) is 4.40. The normalized spacial score (nSPS) is 22.3. The number of urea groups is 1. The van der Waals surface area contributed by atoms with E-state index >= 15 is 0 Å². The van der Waals surface area contributed by atoms with Gasteiger partial charge in [-0.05, 0) is 36.5 Å². The smallest absolute Gasteiger partial charge is 0.315 e. The molecule has 1 aromatic rings. The molecule has 1 unspecified atom stereocenters. The van der Waals surface area contributed by atoms with Crippen molar-refractivity contribution in [2.24, 2.45) is 0 Å². The second-order valence-corrected chi connectivity index (χ2v) is 8.05. The van der Waals surface area contributed by atoms with Crippen molar-refractivity contribution in [3.8, 4) is 0 Å². The molecule has 29 heavy (non-hydrogen) atoms. The minimum atomic E-state index is -0.615. The van der Waals surface area contributed by atoms with Crippen molar-refractivity contribution in [1.82, 2.24) is 20.9 Å². The molecule has 1 atom stereocenters. The van der Waals surface area contributed by atoms with Crippen LogP contribution in [0, 0.1) is 0 Å². The Morgan fingerprint density at radius 2 is 1.90 bits per heavy atom. The molecule has 0 aromatic heterocycles. The van der Waals surface area contributed by atoms with Crippen molar-refractivity contribution in [3.63, 3.8) is 0 Å². The molecule has 8 heteroatoms. The van der Waals surface area contributed by atoms with E-state index in [1.165, 1.54) is 11.3 Å². The summed E-state index contributed by atoms with van der Waals surface area (Å²) in [6.07, 6.45) is 6.21. The van der Waals surface area contributed by atoms with Crippen LogP contribution in [0.3, 0.4) is 0 Å². The second-order valence-electron chi connectivity index (χ2n) is 8.05. The van der Waals surface area contributed by atoms with E-state index in [2.05, 4.69) is 16.0 Å². The number of fused-ring (bicyclic) bond motifs is 1. The van der Waals surface area contributed by atoms with Crippen LogP contribution in [0.25, 0.3) is 0 Å². The Kier molecular flexibility index (Phi) is 5.51. The van der Waals surface area contributed by atoms with Gasteiger partial charge in [-0.1, -0.05) is 31.4 Å². The maximum atomic E-state index is 12.7. The van der Waals surface area contributed by atoms with Crippen molar-refractivity contribution in [2.45, 2.75) is 70.1 Å². The number of carbonyl (C=O) groups is 4. The SMILES string of the molecule is O=C1CCC(N2Cc3cc(CNC(=O)NC4CCCCC4)ccc3C2=O)C(=O)N1. The number of rotatable bonds is 4. The van der Waals surface area contributed by atoms with Crippen LogP contribution in [-0.4, -0.2) is 40.7 Å². The topological polar surface area (TPSA) is 108 Å². The summed E-state index contributed by atoms with van der Waals surface area (Å²) in [5, 5.41) is 8.21. The Balaban J connectivity index is 1.35. The van der Waals surface area contributed by atoms with E-state index in [1.807, 2.05) is 12.1 Å². The van der Waals surface area contributed by atoms with Gasteiger partial charge < -0.3 is 15.5 Å². The van der Waals surface area contributed by atoms with E-state index in [9.17, 15) is 19.2 Å². The van der Waals surface area contributed by atoms with Gasteiger partial charge >= 0.3 is 6.03 Å². The van der Waals surface area contributed by atoms with Gasteiger partial charge in [-0.25, -0.2) is 4.79 Å². The number of nitrogens with one attached hydrogen (secondary N) is 3. The highest BCUT2D eigenvalue weighted by molar-refractivity contribution is 6.05. The summed E-state index contributed by atoms with van der Waals surface area (Å²) in [5.41, 5.74) is 2.32. The lowest BCUT2D eigenvalue weighted by atomic mass is 9.96. The molecule has 1 saturated heterocycles. The molecule has 3 aliphatic rings. The molecule has 8 nitrogen and oxygen atoms in total. The first-order valence-corrected chi connectivity index (χ1v) is 10.3. The average Bonchev–Trinajstić information content (AvgIpc) is 3.03. The van der Waals surface area contributed by atoms with Crippen molar-refractivity contribution < 1.29 is 19.2 Å². The summed E-state index contributed by atoms with van der Waals surface area (Å²) in [6.45, 7) is 0.709. The van der Waals surface area contributed by atoms with Crippen LogP contribution < -0.4 is 16.0 Å². The quantitative estimate of drug-likeness (QED) is 0.669. The standard InChI is InChI=1S/C21H26N4O4/c26-18-9-8-17(19(27)24-18)25-12-14-10-13(6-7-16(14)20(25)28)11-22-21(29)23-15-4-2-1-3-5-15/h6-7,10,15,17H,1-5,8-9,11-12H2,(H2,22,23,29)(H,24,26,27). The van der Waals surface area contributed by atoms with Gasteiger partial charge in [-0.15, -0.1) is 0 Å². The van der Waals surface area contributed by atoms with Gasteiger partial charge in [0, 0.05) is 31.1 Å². The zero-order valence-corrected chi connectivity index (χ0v) is 16.3. The molecule has 0 bridgehead atoms. The molecule has 1 saturated carbocycles. The van der Waals surface area contributed by atoms with Crippen molar-refractivity contribution >= 4 is 23.8 Å². The Labute approximate surface area is 169 Å². The van der Waals surface area contributed by atoms with E-state index < -0.39 is 11.9 Å².